The third-order valence-electron chi connectivity index (χ3n) is 3.89. The van der Waals surface area contributed by atoms with Crippen LogP contribution in [0.4, 0.5) is 4.39 Å². The topological polar surface area (TPSA) is 29.3 Å². The number of benzene rings is 1. The number of likely N-dealkylation sites (tertiary alicyclic amines) is 1. The van der Waals surface area contributed by atoms with Crippen molar-refractivity contribution >= 4 is 17.2 Å². The van der Waals surface area contributed by atoms with Crippen LogP contribution in [-0.2, 0) is 6.54 Å². The van der Waals surface area contributed by atoms with Gasteiger partial charge in [-0.25, -0.2) is 4.39 Å². The van der Waals surface area contributed by atoms with E-state index >= 15 is 0 Å². The van der Waals surface area contributed by atoms with Gasteiger partial charge in [-0.05, 0) is 49.1 Å². The van der Waals surface area contributed by atoms with Crippen LogP contribution in [0.15, 0.2) is 18.2 Å². The molecule has 0 spiro atoms. The number of hydrogen-bond donors (Lipinski definition) is 1. The van der Waals surface area contributed by atoms with Crippen LogP contribution in [0.1, 0.15) is 37.8 Å². The molecule has 1 aliphatic heterocycles. The smallest absolute Gasteiger partial charge is 0.123 e. The van der Waals surface area contributed by atoms with Crippen molar-refractivity contribution in [1.82, 2.24) is 4.90 Å². The van der Waals surface area contributed by atoms with Crippen LogP contribution in [0.3, 0.4) is 0 Å². The van der Waals surface area contributed by atoms with Gasteiger partial charge in [-0.2, -0.15) is 0 Å². The number of thiocarbonyl (C=S) groups is 1. The molecular formula is C15H21FN2S. The summed E-state index contributed by atoms with van der Waals surface area (Å²) in [4.78, 5) is 2.76. The van der Waals surface area contributed by atoms with Crippen molar-refractivity contribution in [3.63, 3.8) is 0 Å². The van der Waals surface area contributed by atoms with E-state index in [4.69, 9.17) is 18.0 Å². The highest BCUT2D eigenvalue weighted by Crippen LogP contribution is 2.26. The molecule has 0 radical (unpaired) electrons. The molecule has 0 amide bonds. The number of halogens is 1. The fraction of sp³-hybridized carbons (Fsp3) is 0.533. The van der Waals surface area contributed by atoms with Gasteiger partial charge in [0.05, 0.1) is 0 Å². The molecule has 1 aromatic rings. The van der Waals surface area contributed by atoms with Crippen molar-refractivity contribution in [3.8, 4) is 0 Å². The highest BCUT2D eigenvalue weighted by Gasteiger charge is 2.27. The summed E-state index contributed by atoms with van der Waals surface area (Å²) >= 11 is 5.05. The van der Waals surface area contributed by atoms with Crippen LogP contribution in [0.25, 0.3) is 0 Å². The Bertz CT molecular complexity index is 473. The predicted octanol–water partition coefficient (Wildman–Crippen LogP) is 3.08. The van der Waals surface area contributed by atoms with Gasteiger partial charge in [0.1, 0.15) is 10.8 Å². The van der Waals surface area contributed by atoms with Crippen molar-refractivity contribution in [3.05, 3.63) is 35.1 Å². The monoisotopic (exact) mass is 280 g/mol. The standard InChI is InChI=1S/C15H21FN2S/c1-10(2)14-4-3-7-18(14)9-11-8-12(16)5-6-13(11)15(17)19/h5-6,8,10,14H,3-4,7,9H2,1-2H3,(H2,17,19). The van der Waals surface area contributed by atoms with E-state index in [9.17, 15) is 4.39 Å². The van der Waals surface area contributed by atoms with E-state index in [1.54, 1.807) is 12.1 Å². The molecule has 2 rings (SSSR count). The summed E-state index contributed by atoms with van der Waals surface area (Å²) in [6.45, 7) is 6.27. The number of nitrogens with two attached hydrogens (primary N) is 1. The number of hydrogen-bond acceptors (Lipinski definition) is 2. The minimum atomic E-state index is -0.227. The zero-order valence-corrected chi connectivity index (χ0v) is 12.3. The SMILES string of the molecule is CC(C)C1CCCN1Cc1cc(F)ccc1C(N)=S. The van der Waals surface area contributed by atoms with Gasteiger partial charge in [-0.3, -0.25) is 4.90 Å². The maximum Gasteiger partial charge on any atom is 0.123 e. The number of rotatable bonds is 4. The van der Waals surface area contributed by atoms with Crippen LogP contribution < -0.4 is 5.73 Å². The lowest BCUT2D eigenvalue weighted by Gasteiger charge is -2.28. The summed E-state index contributed by atoms with van der Waals surface area (Å²) < 4.78 is 13.4. The minimum absolute atomic E-state index is 0.227. The van der Waals surface area contributed by atoms with E-state index in [1.165, 1.54) is 18.9 Å². The van der Waals surface area contributed by atoms with Gasteiger partial charge in [0, 0.05) is 18.2 Å². The van der Waals surface area contributed by atoms with Gasteiger partial charge >= 0.3 is 0 Å². The maximum absolute atomic E-state index is 13.4. The van der Waals surface area contributed by atoms with E-state index in [-0.39, 0.29) is 5.82 Å². The minimum Gasteiger partial charge on any atom is -0.389 e. The van der Waals surface area contributed by atoms with Crippen molar-refractivity contribution in [1.29, 1.82) is 0 Å². The third-order valence-corrected chi connectivity index (χ3v) is 4.11. The van der Waals surface area contributed by atoms with Gasteiger partial charge in [0.15, 0.2) is 0 Å². The lowest BCUT2D eigenvalue weighted by molar-refractivity contribution is 0.198. The van der Waals surface area contributed by atoms with E-state index in [0.29, 0.717) is 16.9 Å². The molecule has 0 saturated carbocycles. The molecule has 0 aromatic heterocycles. The molecule has 1 unspecified atom stereocenters. The summed E-state index contributed by atoms with van der Waals surface area (Å²) in [6, 6.07) is 5.24. The third kappa shape index (κ3) is 3.31. The van der Waals surface area contributed by atoms with E-state index in [1.807, 2.05) is 0 Å². The molecule has 0 aliphatic carbocycles. The van der Waals surface area contributed by atoms with E-state index in [0.717, 1.165) is 24.2 Å². The van der Waals surface area contributed by atoms with Crippen molar-refractivity contribution in [2.75, 3.05) is 6.54 Å². The van der Waals surface area contributed by atoms with Crippen LogP contribution in [0.5, 0.6) is 0 Å². The van der Waals surface area contributed by atoms with Gasteiger partial charge in [-0.15, -0.1) is 0 Å². The molecule has 2 nitrogen and oxygen atoms in total. The summed E-state index contributed by atoms with van der Waals surface area (Å²) in [5.74, 6) is 0.389. The molecule has 1 aliphatic rings. The first kappa shape index (κ1) is 14.4. The van der Waals surface area contributed by atoms with Gasteiger partial charge in [0.25, 0.3) is 0 Å². The first-order valence-corrected chi connectivity index (χ1v) is 7.22. The Morgan fingerprint density at radius 1 is 1.53 bits per heavy atom. The van der Waals surface area contributed by atoms with Gasteiger partial charge < -0.3 is 5.73 Å². The fourth-order valence-corrected chi connectivity index (χ4v) is 3.15. The molecule has 0 bridgehead atoms. The average Bonchev–Trinajstić information content (AvgIpc) is 2.76. The van der Waals surface area contributed by atoms with Crippen molar-refractivity contribution in [2.24, 2.45) is 11.7 Å². The Kier molecular flexibility index (Phi) is 4.53. The summed E-state index contributed by atoms with van der Waals surface area (Å²) in [6.07, 6.45) is 2.43. The summed E-state index contributed by atoms with van der Waals surface area (Å²) in [5.41, 5.74) is 7.42. The molecular weight excluding hydrogens is 259 g/mol. The first-order chi connectivity index (χ1) is 8.99. The van der Waals surface area contributed by atoms with Crippen LogP contribution in [-0.4, -0.2) is 22.5 Å². The van der Waals surface area contributed by atoms with Crippen LogP contribution in [0, 0.1) is 11.7 Å². The molecule has 19 heavy (non-hydrogen) atoms. The molecule has 1 atom stereocenters. The Hall–Kier alpha value is -1.00. The molecule has 1 aromatic carbocycles. The predicted molar refractivity (Wildman–Crippen MR) is 80.6 cm³/mol. The second kappa shape index (κ2) is 5.97. The average molecular weight is 280 g/mol. The van der Waals surface area contributed by atoms with Gasteiger partial charge in [0.2, 0.25) is 0 Å². The lowest BCUT2D eigenvalue weighted by atomic mass is 10.0. The maximum atomic E-state index is 13.4. The summed E-state index contributed by atoms with van der Waals surface area (Å²) in [5, 5.41) is 0. The zero-order valence-electron chi connectivity index (χ0n) is 11.5. The zero-order chi connectivity index (χ0) is 14.0. The molecule has 2 N–H and O–H groups in total. The van der Waals surface area contributed by atoms with Crippen molar-refractivity contribution < 1.29 is 4.39 Å². The lowest BCUT2D eigenvalue weighted by Crippen LogP contribution is -2.33. The highest BCUT2D eigenvalue weighted by atomic mass is 32.1. The summed E-state index contributed by atoms with van der Waals surface area (Å²) in [7, 11) is 0. The second-order valence-electron chi connectivity index (χ2n) is 5.59. The normalized spacial score (nSPS) is 20.1. The molecule has 1 fully saturated rings. The van der Waals surface area contributed by atoms with E-state index < -0.39 is 0 Å². The largest absolute Gasteiger partial charge is 0.389 e. The quantitative estimate of drug-likeness (QED) is 0.859. The highest BCUT2D eigenvalue weighted by molar-refractivity contribution is 7.80. The second-order valence-corrected chi connectivity index (χ2v) is 6.03. The Balaban J connectivity index is 2.22. The molecule has 1 heterocycles. The first-order valence-electron chi connectivity index (χ1n) is 6.81. The van der Waals surface area contributed by atoms with Crippen LogP contribution in [0.2, 0.25) is 0 Å². The molecule has 1 saturated heterocycles. The van der Waals surface area contributed by atoms with E-state index in [2.05, 4.69) is 18.7 Å². The van der Waals surface area contributed by atoms with Gasteiger partial charge in [-0.1, -0.05) is 26.1 Å². The number of nitrogens with zero attached hydrogens (tertiary/aromatic N) is 1. The molecule has 104 valence electrons. The fourth-order valence-electron chi connectivity index (χ4n) is 2.96. The molecule has 4 heteroatoms. The Labute approximate surface area is 119 Å². The van der Waals surface area contributed by atoms with Crippen LogP contribution >= 0.6 is 12.2 Å². The van der Waals surface area contributed by atoms with Crippen molar-refractivity contribution in [2.45, 2.75) is 39.3 Å². The Morgan fingerprint density at radius 3 is 2.89 bits per heavy atom. The Morgan fingerprint density at radius 2 is 2.26 bits per heavy atom.